The van der Waals surface area contributed by atoms with E-state index in [9.17, 15) is 9.59 Å². The molecule has 0 unspecified atom stereocenters. The Morgan fingerprint density at radius 3 is 2.60 bits per heavy atom. The highest BCUT2D eigenvalue weighted by Crippen LogP contribution is 2.19. The van der Waals surface area contributed by atoms with Crippen molar-refractivity contribution in [1.82, 2.24) is 0 Å². The van der Waals surface area contributed by atoms with Gasteiger partial charge in [-0.25, -0.2) is 4.79 Å². The van der Waals surface area contributed by atoms with E-state index in [-0.39, 0.29) is 12.5 Å². The predicted octanol–water partition coefficient (Wildman–Crippen LogP) is 3.14. The number of hydrogen-bond acceptors (Lipinski definition) is 5. The molecule has 0 saturated heterocycles. The molecular weight excluding hydrogens is 322 g/mol. The minimum absolute atomic E-state index is 0.185. The molecule has 0 saturated carbocycles. The lowest BCUT2D eigenvalue weighted by Gasteiger charge is -2.10. The fourth-order valence-corrected chi connectivity index (χ4v) is 2.18. The van der Waals surface area contributed by atoms with Gasteiger partial charge in [-0.15, -0.1) is 0 Å². The Hall–Kier alpha value is -2.86. The van der Waals surface area contributed by atoms with Crippen molar-refractivity contribution >= 4 is 17.6 Å². The molecule has 0 aliphatic heterocycles. The summed E-state index contributed by atoms with van der Waals surface area (Å²) in [6.45, 7) is 2.98. The number of para-hydroxylation sites is 1. The molecule has 25 heavy (non-hydrogen) atoms. The number of rotatable bonds is 8. The molecule has 6 nitrogen and oxygen atoms in total. The van der Waals surface area contributed by atoms with Crippen molar-refractivity contribution in [3.05, 3.63) is 59.7 Å². The molecule has 0 spiro atoms. The Balaban J connectivity index is 2.03. The zero-order chi connectivity index (χ0) is 18.1. The maximum atomic E-state index is 12.4. The average molecular weight is 343 g/mol. The molecule has 0 bridgehead atoms. The van der Waals surface area contributed by atoms with Crippen LogP contribution in [0.3, 0.4) is 0 Å². The summed E-state index contributed by atoms with van der Waals surface area (Å²) >= 11 is 0. The third-order valence-corrected chi connectivity index (χ3v) is 3.37. The maximum Gasteiger partial charge on any atom is 0.338 e. The smallest absolute Gasteiger partial charge is 0.338 e. The third-order valence-electron chi connectivity index (χ3n) is 3.37. The Labute approximate surface area is 146 Å². The van der Waals surface area contributed by atoms with E-state index in [1.807, 2.05) is 6.92 Å². The van der Waals surface area contributed by atoms with Gasteiger partial charge in [0.2, 0.25) is 0 Å². The predicted molar refractivity (Wildman–Crippen MR) is 94.2 cm³/mol. The lowest BCUT2D eigenvalue weighted by atomic mass is 10.1. The van der Waals surface area contributed by atoms with Gasteiger partial charge in [0.1, 0.15) is 12.4 Å². The van der Waals surface area contributed by atoms with Gasteiger partial charge >= 0.3 is 5.97 Å². The Morgan fingerprint density at radius 2 is 1.84 bits per heavy atom. The minimum Gasteiger partial charge on any atom is -0.496 e. The van der Waals surface area contributed by atoms with Crippen molar-refractivity contribution in [2.24, 2.45) is 0 Å². The van der Waals surface area contributed by atoms with Crippen molar-refractivity contribution in [2.45, 2.75) is 6.92 Å². The normalized spacial score (nSPS) is 10.2. The molecule has 0 radical (unpaired) electrons. The lowest BCUT2D eigenvalue weighted by Crippen LogP contribution is -2.14. The quantitative estimate of drug-likeness (QED) is 0.589. The monoisotopic (exact) mass is 343 g/mol. The number of nitrogens with one attached hydrogen (secondary N) is 1. The first-order chi connectivity index (χ1) is 12.2. The summed E-state index contributed by atoms with van der Waals surface area (Å²) in [6.07, 6.45) is 0. The summed E-state index contributed by atoms with van der Waals surface area (Å²) in [7, 11) is 1.50. The molecule has 1 N–H and O–H groups in total. The van der Waals surface area contributed by atoms with Crippen molar-refractivity contribution < 1.29 is 23.8 Å². The standard InChI is InChI=1S/C19H21NO5/c1-3-24-11-12-25-19(22)14-7-6-8-15(13-14)20-18(21)16-9-4-5-10-17(16)23-2/h4-10,13H,3,11-12H2,1-2H3,(H,20,21). The van der Waals surface area contributed by atoms with Gasteiger partial charge in [0.05, 0.1) is 24.8 Å². The molecular formula is C19H21NO5. The number of hydrogen-bond donors (Lipinski definition) is 1. The molecule has 0 aliphatic rings. The van der Waals surface area contributed by atoms with Gasteiger partial charge in [0.25, 0.3) is 5.91 Å². The van der Waals surface area contributed by atoms with Crippen molar-refractivity contribution in [2.75, 3.05) is 32.2 Å². The molecule has 132 valence electrons. The van der Waals surface area contributed by atoms with E-state index < -0.39 is 5.97 Å². The summed E-state index contributed by atoms with van der Waals surface area (Å²) in [4.78, 5) is 24.4. The molecule has 6 heteroatoms. The van der Waals surface area contributed by atoms with Crippen LogP contribution in [0.4, 0.5) is 5.69 Å². The number of esters is 1. The van der Waals surface area contributed by atoms with Crippen LogP contribution in [-0.4, -0.2) is 38.8 Å². The summed E-state index contributed by atoms with van der Waals surface area (Å²) in [5.41, 5.74) is 1.26. The molecule has 1 amide bonds. The van der Waals surface area contributed by atoms with Crippen molar-refractivity contribution in [3.8, 4) is 5.75 Å². The van der Waals surface area contributed by atoms with Crippen LogP contribution in [0.15, 0.2) is 48.5 Å². The van der Waals surface area contributed by atoms with E-state index in [2.05, 4.69) is 5.32 Å². The Morgan fingerprint density at radius 1 is 1.04 bits per heavy atom. The van der Waals surface area contributed by atoms with Gasteiger partial charge < -0.3 is 19.5 Å². The molecule has 0 atom stereocenters. The number of ether oxygens (including phenoxy) is 3. The van der Waals surface area contributed by atoms with Gasteiger partial charge in [-0.2, -0.15) is 0 Å². The van der Waals surface area contributed by atoms with Gasteiger partial charge in [-0.1, -0.05) is 18.2 Å². The summed E-state index contributed by atoms with van der Waals surface area (Å²) in [6, 6.07) is 13.5. The number of anilines is 1. The number of amides is 1. The molecule has 0 heterocycles. The first kappa shape index (κ1) is 18.5. The maximum absolute atomic E-state index is 12.4. The van der Waals surface area contributed by atoms with E-state index in [0.717, 1.165) is 0 Å². The number of carbonyl (C=O) groups is 2. The minimum atomic E-state index is -0.465. The zero-order valence-corrected chi connectivity index (χ0v) is 14.3. The van der Waals surface area contributed by atoms with Crippen LogP contribution in [0.5, 0.6) is 5.75 Å². The SMILES string of the molecule is CCOCCOC(=O)c1cccc(NC(=O)c2ccccc2OC)c1. The van der Waals surface area contributed by atoms with E-state index in [1.54, 1.807) is 48.5 Å². The highest BCUT2D eigenvalue weighted by molar-refractivity contribution is 6.06. The van der Waals surface area contributed by atoms with Gasteiger partial charge in [0, 0.05) is 12.3 Å². The molecule has 0 aromatic heterocycles. The second-order valence-electron chi connectivity index (χ2n) is 5.07. The van der Waals surface area contributed by atoms with E-state index in [0.29, 0.717) is 35.8 Å². The van der Waals surface area contributed by atoms with Gasteiger partial charge in [-0.3, -0.25) is 4.79 Å². The second-order valence-corrected chi connectivity index (χ2v) is 5.07. The summed E-state index contributed by atoms with van der Waals surface area (Å²) in [5.74, 6) is -0.307. The van der Waals surface area contributed by atoms with Crippen LogP contribution in [0.25, 0.3) is 0 Å². The van der Waals surface area contributed by atoms with E-state index in [1.165, 1.54) is 7.11 Å². The third kappa shape index (κ3) is 5.32. The fraction of sp³-hybridized carbons (Fsp3) is 0.263. The van der Waals surface area contributed by atoms with Crippen LogP contribution < -0.4 is 10.1 Å². The fourth-order valence-electron chi connectivity index (χ4n) is 2.18. The first-order valence-electron chi connectivity index (χ1n) is 7.95. The summed E-state index contributed by atoms with van der Waals surface area (Å²) in [5, 5.41) is 2.75. The molecule has 0 aliphatic carbocycles. The van der Waals surface area contributed by atoms with E-state index in [4.69, 9.17) is 14.2 Å². The Kier molecular flexibility index (Phi) is 6.98. The topological polar surface area (TPSA) is 73.9 Å². The highest BCUT2D eigenvalue weighted by Gasteiger charge is 2.13. The van der Waals surface area contributed by atoms with Crippen molar-refractivity contribution in [1.29, 1.82) is 0 Å². The first-order valence-corrected chi connectivity index (χ1v) is 7.95. The van der Waals surface area contributed by atoms with Crippen LogP contribution in [0.1, 0.15) is 27.6 Å². The summed E-state index contributed by atoms with van der Waals surface area (Å²) < 4.78 is 15.4. The number of methoxy groups -OCH3 is 1. The average Bonchev–Trinajstić information content (AvgIpc) is 2.65. The van der Waals surface area contributed by atoms with Crippen molar-refractivity contribution in [3.63, 3.8) is 0 Å². The lowest BCUT2D eigenvalue weighted by molar-refractivity contribution is 0.0335. The van der Waals surface area contributed by atoms with E-state index >= 15 is 0 Å². The second kappa shape index (κ2) is 9.44. The molecule has 0 fully saturated rings. The molecule has 2 rings (SSSR count). The van der Waals surface area contributed by atoms with Crippen LogP contribution in [0.2, 0.25) is 0 Å². The number of carbonyl (C=O) groups excluding carboxylic acids is 2. The zero-order valence-electron chi connectivity index (χ0n) is 14.3. The van der Waals surface area contributed by atoms with Gasteiger partial charge in [-0.05, 0) is 37.3 Å². The number of benzene rings is 2. The molecule has 2 aromatic rings. The van der Waals surface area contributed by atoms with Gasteiger partial charge in [0.15, 0.2) is 0 Å². The van der Waals surface area contributed by atoms with Crippen LogP contribution in [-0.2, 0) is 9.47 Å². The highest BCUT2D eigenvalue weighted by atomic mass is 16.6. The largest absolute Gasteiger partial charge is 0.496 e. The Bertz CT molecular complexity index is 729. The molecule has 2 aromatic carbocycles. The van der Waals surface area contributed by atoms with Crippen LogP contribution >= 0.6 is 0 Å². The van der Waals surface area contributed by atoms with Crippen LogP contribution in [0, 0.1) is 0 Å².